The second-order valence-corrected chi connectivity index (χ2v) is 5.14. The van der Waals surface area contributed by atoms with E-state index in [0.29, 0.717) is 0 Å². The number of rotatable bonds is 7. The van der Waals surface area contributed by atoms with Crippen molar-refractivity contribution in [3.8, 4) is 0 Å². The molecular weight excluding hydrogens is 264 g/mol. The third-order valence-electron chi connectivity index (χ3n) is 3.40. The molecule has 0 atom stereocenters. The van der Waals surface area contributed by atoms with E-state index < -0.39 is 0 Å². The van der Waals surface area contributed by atoms with E-state index in [1.54, 1.807) is 0 Å². The number of aryl methyl sites for hydroxylation is 2. The summed E-state index contributed by atoms with van der Waals surface area (Å²) in [4.78, 5) is 8.96. The smallest absolute Gasteiger partial charge is 0.134 e. The quantitative estimate of drug-likeness (QED) is 0.818. The SMILES string of the molecule is CCCNc1nc(C)nc(NCCc2ccnn2C)c1C. The van der Waals surface area contributed by atoms with Gasteiger partial charge in [0.05, 0.1) is 0 Å². The van der Waals surface area contributed by atoms with E-state index in [1.807, 2.05) is 37.8 Å². The highest BCUT2D eigenvalue weighted by Crippen LogP contribution is 2.19. The molecule has 0 unspecified atom stereocenters. The molecule has 2 N–H and O–H groups in total. The summed E-state index contributed by atoms with van der Waals surface area (Å²) >= 11 is 0. The zero-order chi connectivity index (χ0) is 15.2. The highest BCUT2D eigenvalue weighted by Gasteiger charge is 2.08. The third-order valence-corrected chi connectivity index (χ3v) is 3.40. The molecule has 2 aromatic rings. The van der Waals surface area contributed by atoms with Crippen LogP contribution in [0.2, 0.25) is 0 Å². The van der Waals surface area contributed by atoms with Crippen molar-refractivity contribution in [3.05, 3.63) is 29.3 Å². The standard InChI is InChI=1S/C15H24N6/c1-5-8-16-14-11(2)15(20-12(3)19-14)17-9-6-13-7-10-18-21(13)4/h7,10H,5-6,8-9H2,1-4H3,(H2,16,17,19,20). The molecule has 2 rings (SSSR count). The summed E-state index contributed by atoms with van der Waals surface area (Å²) in [6.45, 7) is 7.85. The second-order valence-electron chi connectivity index (χ2n) is 5.14. The van der Waals surface area contributed by atoms with Gasteiger partial charge in [0.1, 0.15) is 17.5 Å². The molecule has 0 aromatic carbocycles. The van der Waals surface area contributed by atoms with Crippen molar-refractivity contribution >= 4 is 11.6 Å². The van der Waals surface area contributed by atoms with Crippen molar-refractivity contribution in [2.24, 2.45) is 7.05 Å². The average Bonchev–Trinajstić information content (AvgIpc) is 2.86. The van der Waals surface area contributed by atoms with Crippen LogP contribution in [0.25, 0.3) is 0 Å². The van der Waals surface area contributed by atoms with E-state index in [1.165, 1.54) is 5.69 Å². The van der Waals surface area contributed by atoms with Gasteiger partial charge in [-0.25, -0.2) is 9.97 Å². The molecule has 0 amide bonds. The van der Waals surface area contributed by atoms with Crippen LogP contribution >= 0.6 is 0 Å². The van der Waals surface area contributed by atoms with E-state index in [4.69, 9.17) is 0 Å². The monoisotopic (exact) mass is 288 g/mol. The lowest BCUT2D eigenvalue weighted by molar-refractivity contribution is 0.710. The van der Waals surface area contributed by atoms with Gasteiger partial charge in [0.2, 0.25) is 0 Å². The molecule has 6 nitrogen and oxygen atoms in total. The Morgan fingerprint density at radius 3 is 2.33 bits per heavy atom. The fourth-order valence-electron chi connectivity index (χ4n) is 2.17. The summed E-state index contributed by atoms with van der Waals surface area (Å²) < 4.78 is 1.90. The van der Waals surface area contributed by atoms with Crippen LogP contribution in [0.3, 0.4) is 0 Å². The predicted molar refractivity (Wildman–Crippen MR) is 85.7 cm³/mol. The van der Waals surface area contributed by atoms with Crippen LogP contribution in [0.15, 0.2) is 12.3 Å². The summed E-state index contributed by atoms with van der Waals surface area (Å²) in [5, 5.41) is 10.9. The number of nitrogens with zero attached hydrogens (tertiary/aromatic N) is 4. The summed E-state index contributed by atoms with van der Waals surface area (Å²) in [5.41, 5.74) is 2.27. The minimum Gasteiger partial charge on any atom is -0.370 e. The van der Waals surface area contributed by atoms with Gasteiger partial charge >= 0.3 is 0 Å². The first-order chi connectivity index (χ1) is 10.1. The topological polar surface area (TPSA) is 67.7 Å². The molecule has 0 bridgehead atoms. The van der Waals surface area contributed by atoms with E-state index in [2.05, 4.69) is 32.6 Å². The highest BCUT2D eigenvalue weighted by molar-refractivity contribution is 5.57. The van der Waals surface area contributed by atoms with Crippen molar-refractivity contribution in [1.82, 2.24) is 19.7 Å². The lowest BCUT2D eigenvalue weighted by Crippen LogP contribution is -2.13. The van der Waals surface area contributed by atoms with Crippen LogP contribution in [-0.2, 0) is 13.5 Å². The maximum atomic E-state index is 4.50. The van der Waals surface area contributed by atoms with Crippen molar-refractivity contribution in [2.75, 3.05) is 23.7 Å². The molecule has 0 spiro atoms. The fraction of sp³-hybridized carbons (Fsp3) is 0.533. The number of aromatic nitrogens is 4. The van der Waals surface area contributed by atoms with Crippen LogP contribution in [0.1, 0.15) is 30.4 Å². The van der Waals surface area contributed by atoms with Gasteiger partial charge in [-0.3, -0.25) is 4.68 Å². The van der Waals surface area contributed by atoms with Gasteiger partial charge in [0.25, 0.3) is 0 Å². The van der Waals surface area contributed by atoms with E-state index in [0.717, 1.165) is 49.0 Å². The zero-order valence-electron chi connectivity index (χ0n) is 13.3. The Hall–Kier alpha value is -2.11. The lowest BCUT2D eigenvalue weighted by Gasteiger charge is -2.14. The normalized spacial score (nSPS) is 10.7. The van der Waals surface area contributed by atoms with Gasteiger partial charge in [0.15, 0.2) is 0 Å². The third kappa shape index (κ3) is 3.93. The molecule has 0 fully saturated rings. The summed E-state index contributed by atoms with van der Waals surface area (Å²) in [6.07, 6.45) is 3.81. The van der Waals surface area contributed by atoms with E-state index >= 15 is 0 Å². The zero-order valence-corrected chi connectivity index (χ0v) is 13.3. The van der Waals surface area contributed by atoms with Crippen molar-refractivity contribution in [2.45, 2.75) is 33.6 Å². The van der Waals surface area contributed by atoms with Gasteiger partial charge in [-0.2, -0.15) is 5.10 Å². The number of nitrogens with one attached hydrogen (secondary N) is 2. The molecule has 6 heteroatoms. The van der Waals surface area contributed by atoms with Crippen LogP contribution in [0.4, 0.5) is 11.6 Å². The van der Waals surface area contributed by atoms with Crippen molar-refractivity contribution in [3.63, 3.8) is 0 Å². The Bertz CT molecular complexity index is 590. The van der Waals surface area contributed by atoms with Crippen LogP contribution in [0.5, 0.6) is 0 Å². The Kier molecular flexibility index (Phi) is 5.14. The van der Waals surface area contributed by atoms with Crippen LogP contribution < -0.4 is 10.6 Å². The largest absolute Gasteiger partial charge is 0.370 e. The van der Waals surface area contributed by atoms with Crippen molar-refractivity contribution < 1.29 is 0 Å². The van der Waals surface area contributed by atoms with Gasteiger partial charge < -0.3 is 10.6 Å². The maximum absolute atomic E-state index is 4.50. The predicted octanol–water partition coefficient (Wildman–Crippen LogP) is 2.30. The highest BCUT2D eigenvalue weighted by atomic mass is 15.3. The molecule has 0 aliphatic heterocycles. The van der Waals surface area contributed by atoms with Gasteiger partial charge in [0, 0.05) is 44.0 Å². The van der Waals surface area contributed by atoms with Gasteiger partial charge in [-0.15, -0.1) is 0 Å². The van der Waals surface area contributed by atoms with Crippen LogP contribution in [-0.4, -0.2) is 32.8 Å². The first-order valence-corrected chi connectivity index (χ1v) is 7.41. The molecule has 0 saturated heterocycles. The number of hydrogen-bond donors (Lipinski definition) is 2. The Morgan fingerprint density at radius 1 is 1.10 bits per heavy atom. The molecule has 114 valence electrons. The number of hydrogen-bond acceptors (Lipinski definition) is 5. The average molecular weight is 288 g/mol. The molecular formula is C15H24N6. The molecule has 0 aliphatic rings. The summed E-state index contributed by atoms with van der Waals surface area (Å²) in [6, 6.07) is 2.04. The molecule has 2 aromatic heterocycles. The molecule has 21 heavy (non-hydrogen) atoms. The summed E-state index contributed by atoms with van der Waals surface area (Å²) in [7, 11) is 1.96. The Labute approximate surface area is 126 Å². The Balaban J connectivity index is 2.02. The molecule has 2 heterocycles. The summed E-state index contributed by atoms with van der Waals surface area (Å²) in [5.74, 6) is 2.61. The van der Waals surface area contributed by atoms with Crippen LogP contribution in [0, 0.1) is 13.8 Å². The van der Waals surface area contributed by atoms with Gasteiger partial charge in [-0.05, 0) is 26.3 Å². The fourth-order valence-corrected chi connectivity index (χ4v) is 2.17. The molecule has 0 saturated carbocycles. The first-order valence-electron chi connectivity index (χ1n) is 7.41. The van der Waals surface area contributed by atoms with E-state index in [9.17, 15) is 0 Å². The van der Waals surface area contributed by atoms with E-state index in [-0.39, 0.29) is 0 Å². The minimum absolute atomic E-state index is 0.780. The number of anilines is 2. The first kappa shape index (κ1) is 15.3. The van der Waals surface area contributed by atoms with Gasteiger partial charge in [-0.1, -0.05) is 6.92 Å². The molecule has 0 radical (unpaired) electrons. The Morgan fingerprint density at radius 2 is 1.76 bits per heavy atom. The second kappa shape index (κ2) is 7.06. The lowest BCUT2D eigenvalue weighted by atomic mass is 10.2. The maximum Gasteiger partial charge on any atom is 0.134 e. The molecule has 0 aliphatic carbocycles. The van der Waals surface area contributed by atoms with Crippen molar-refractivity contribution in [1.29, 1.82) is 0 Å². The minimum atomic E-state index is 0.780.